The van der Waals surface area contributed by atoms with Crippen LogP contribution in [0.1, 0.15) is 32.1 Å². The first-order chi connectivity index (χ1) is 8.24. The molecule has 8 heteroatoms. The number of rotatable bonds is 4. The van der Waals surface area contributed by atoms with E-state index in [1.807, 2.05) is 4.72 Å². The van der Waals surface area contributed by atoms with Gasteiger partial charge in [0.05, 0.1) is 5.75 Å². The number of alkyl halides is 3. The highest BCUT2D eigenvalue weighted by atomic mass is 32.2. The van der Waals surface area contributed by atoms with Crippen molar-refractivity contribution < 1.29 is 21.6 Å². The Balaban J connectivity index is 1.95. The lowest BCUT2D eigenvalue weighted by Gasteiger charge is -2.25. The Hall–Kier alpha value is -0.340. The molecule has 2 fully saturated rings. The zero-order chi connectivity index (χ0) is 13.4. The summed E-state index contributed by atoms with van der Waals surface area (Å²) >= 11 is 0. The van der Waals surface area contributed by atoms with E-state index >= 15 is 0 Å². The summed E-state index contributed by atoms with van der Waals surface area (Å²) in [6.07, 6.45) is -2.23. The molecule has 2 N–H and O–H groups in total. The summed E-state index contributed by atoms with van der Waals surface area (Å²) in [5, 5.41) is 3.02. The van der Waals surface area contributed by atoms with Crippen molar-refractivity contribution in [2.24, 2.45) is 0 Å². The van der Waals surface area contributed by atoms with Crippen LogP contribution in [0.2, 0.25) is 0 Å². The number of sulfonamides is 1. The number of hydrogen-bond donors (Lipinski definition) is 2. The van der Waals surface area contributed by atoms with Crippen LogP contribution in [-0.2, 0) is 10.0 Å². The first-order valence-electron chi connectivity index (χ1n) is 6.06. The summed E-state index contributed by atoms with van der Waals surface area (Å²) in [5.41, 5.74) is -2.19. The van der Waals surface area contributed by atoms with Crippen LogP contribution in [0.5, 0.6) is 0 Å². The number of piperidine rings is 1. The van der Waals surface area contributed by atoms with Gasteiger partial charge in [-0.2, -0.15) is 17.9 Å². The summed E-state index contributed by atoms with van der Waals surface area (Å²) in [4.78, 5) is 0. The maximum atomic E-state index is 12.7. The van der Waals surface area contributed by atoms with Crippen molar-refractivity contribution >= 4 is 10.0 Å². The Morgan fingerprint density at radius 3 is 2.39 bits per heavy atom. The van der Waals surface area contributed by atoms with Gasteiger partial charge < -0.3 is 5.32 Å². The first kappa shape index (κ1) is 14.1. The van der Waals surface area contributed by atoms with Crippen molar-refractivity contribution in [1.82, 2.24) is 10.0 Å². The summed E-state index contributed by atoms with van der Waals surface area (Å²) in [7, 11) is -3.89. The summed E-state index contributed by atoms with van der Waals surface area (Å²) < 4.78 is 63.3. The van der Waals surface area contributed by atoms with Gasteiger partial charge in [-0.1, -0.05) is 6.42 Å². The van der Waals surface area contributed by atoms with Crippen LogP contribution in [0.15, 0.2) is 0 Å². The zero-order valence-corrected chi connectivity index (χ0v) is 10.7. The molecule has 0 amide bonds. The standard InChI is InChI=1S/C10H17F3N2O2S/c11-10(12,13)9(4-5-9)15-18(16,17)7-8-3-1-2-6-14-8/h8,14-15H,1-7H2. The van der Waals surface area contributed by atoms with E-state index in [1.165, 1.54) is 0 Å². The van der Waals surface area contributed by atoms with E-state index in [-0.39, 0.29) is 24.6 Å². The van der Waals surface area contributed by atoms with E-state index in [0.717, 1.165) is 19.4 Å². The second kappa shape index (κ2) is 4.64. The van der Waals surface area contributed by atoms with Crippen molar-refractivity contribution in [2.45, 2.75) is 49.9 Å². The maximum absolute atomic E-state index is 12.7. The predicted molar refractivity (Wildman–Crippen MR) is 60.6 cm³/mol. The molecule has 0 radical (unpaired) electrons. The second-order valence-corrected chi connectivity index (χ2v) is 6.88. The molecule has 2 aliphatic rings. The van der Waals surface area contributed by atoms with E-state index in [9.17, 15) is 21.6 Å². The maximum Gasteiger partial charge on any atom is 0.407 e. The molecule has 1 aliphatic carbocycles. The highest BCUT2D eigenvalue weighted by molar-refractivity contribution is 7.89. The smallest absolute Gasteiger partial charge is 0.313 e. The van der Waals surface area contributed by atoms with E-state index in [1.54, 1.807) is 0 Å². The lowest BCUT2D eigenvalue weighted by atomic mass is 10.1. The Kier molecular flexibility index (Phi) is 3.63. The molecule has 1 atom stereocenters. The largest absolute Gasteiger partial charge is 0.407 e. The van der Waals surface area contributed by atoms with E-state index < -0.39 is 21.7 Å². The van der Waals surface area contributed by atoms with Crippen molar-refractivity contribution in [3.05, 3.63) is 0 Å². The number of halogens is 3. The molecular formula is C10H17F3N2O2S. The molecule has 106 valence electrons. The zero-order valence-electron chi connectivity index (χ0n) is 9.89. The summed E-state index contributed by atoms with van der Waals surface area (Å²) in [6.45, 7) is 0.727. The third-order valence-electron chi connectivity index (χ3n) is 3.48. The highest BCUT2D eigenvalue weighted by Crippen LogP contribution is 2.49. The molecule has 0 aromatic rings. The van der Waals surface area contributed by atoms with Gasteiger partial charge in [0.25, 0.3) is 0 Å². The quantitative estimate of drug-likeness (QED) is 0.815. The summed E-state index contributed by atoms with van der Waals surface area (Å²) in [6, 6.07) is -0.236. The Labute approximate surface area is 104 Å². The molecule has 1 aliphatic heterocycles. The van der Waals surface area contributed by atoms with Gasteiger partial charge >= 0.3 is 6.18 Å². The fourth-order valence-corrected chi connectivity index (χ4v) is 4.05. The normalized spacial score (nSPS) is 28.1. The Morgan fingerprint density at radius 1 is 1.28 bits per heavy atom. The van der Waals surface area contributed by atoms with Crippen LogP contribution in [0.25, 0.3) is 0 Å². The molecule has 18 heavy (non-hydrogen) atoms. The Morgan fingerprint density at radius 2 is 1.94 bits per heavy atom. The number of hydrogen-bond acceptors (Lipinski definition) is 3. The van der Waals surface area contributed by atoms with E-state index in [0.29, 0.717) is 6.42 Å². The van der Waals surface area contributed by atoms with Crippen LogP contribution < -0.4 is 10.0 Å². The second-order valence-electron chi connectivity index (χ2n) is 5.11. The predicted octanol–water partition coefficient (Wildman–Crippen LogP) is 1.14. The molecule has 0 spiro atoms. The minimum Gasteiger partial charge on any atom is -0.313 e. The van der Waals surface area contributed by atoms with Crippen LogP contribution in [0, 0.1) is 0 Å². The van der Waals surface area contributed by atoms with E-state index in [4.69, 9.17) is 0 Å². The van der Waals surface area contributed by atoms with Crippen LogP contribution in [0.4, 0.5) is 13.2 Å². The average Bonchev–Trinajstić information content (AvgIpc) is 2.97. The summed E-state index contributed by atoms with van der Waals surface area (Å²) in [5.74, 6) is -0.273. The van der Waals surface area contributed by atoms with Gasteiger partial charge in [-0.25, -0.2) is 8.42 Å². The fourth-order valence-electron chi connectivity index (χ4n) is 2.24. The van der Waals surface area contributed by atoms with Crippen molar-refractivity contribution in [1.29, 1.82) is 0 Å². The third kappa shape index (κ3) is 3.16. The van der Waals surface area contributed by atoms with Gasteiger partial charge in [-0.3, -0.25) is 0 Å². The van der Waals surface area contributed by atoms with Crippen molar-refractivity contribution in [3.63, 3.8) is 0 Å². The van der Waals surface area contributed by atoms with Crippen molar-refractivity contribution in [3.8, 4) is 0 Å². The van der Waals surface area contributed by atoms with Crippen LogP contribution in [0.3, 0.4) is 0 Å². The molecule has 2 rings (SSSR count). The highest BCUT2D eigenvalue weighted by Gasteiger charge is 2.65. The van der Waals surface area contributed by atoms with Gasteiger partial charge in [0.1, 0.15) is 5.54 Å². The SMILES string of the molecule is O=S(=O)(CC1CCCCN1)NC1(C(F)(F)F)CC1. The lowest BCUT2D eigenvalue weighted by Crippen LogP contribution is -2.51. The Bertz CT molecular complexity index is 398. The molecule has 0 aromatic carbocycles. The van der Waals surface area contributed by atoms with Gasteiger partial charge in [0.15, 0.2) is 0 Å². The van der Waals surface area contributed by atoms with E-state index in [2.05, 4.69) is 5.32 Å². The molecule has 1 saturated carbocycles. The van der Waals surface area contributed by atoms with Crippen LogP contribution in [-0.4, -0.2) is 38.5 Å². The van der Waals surface area contributed by atoms with Gasteiger partial charge in [0.2, 0.25) is 10.0 Å². The molecule has 0 bridgehead atoms. The molecule has 1 heterocycles. The molecule has 0 aromatic heterocycles. The lowest BCUT2D eigenvalue weighted by molar-refractivity contribution is -0.160. The molecule has 1 unspecified atom stereocenters. The number of nitrogens with one attached hydrogen (secondary N) is 2. The average molecular weight is 286 g/mol. The minimum absolute atomic E-state index is 0.159. The van der Waals surface area contributed by atoms with Crippen molar-refractivity contribution in [2.75, 3.05) is 12.3 Å². The van der Waals surface area contributed by atoms with Gasteiger partial charge in [0, 0.05) is 6.04 Å². The van der Waals surface area contributed by atoms with Gasteiger partial charge in [-0.15, -0.1) is 0 Å². The van der Waals surface area contributed by atoms with Crippen LogP contribution >= 0.6 is 0 Å². The first-order valence-corrected chi connectivity index (χ1v) is 7.71. The van der Waals surface area contributed by atoms with Gasteiger partial charge in [-0.05, 0) is 32.2 Å². The molecular weight excluding hydrogens is 269 g/mol. The monoisotopic (exact) mass is 286 g/mol. The fraction of sp³-hybridized carbons (Fsp3) is 1.00. The topological polar surface area (TPSA) is 58.2 Å². The molecule has 1 saturated heterocycles. The molecule has 4 nitrogen and oxygen atoms in total. The third-order valence-corrected chi connectivity index (χ3v) is 5.02. The minimum atomic E-state index is -4.50.